The van der Waals surface area contributed by atoms with Crippen molar-refractivity contribution >= 4 is 34.7 Å². The van der Waals surface area contributed by atoms with E-state index in [9.17, 15) is 4.79 Å². The molecule has 0 saturated carbocycles. The lowest BCUT2D eigenvalue weighted by atomic mass is 10.0. The van der Waals surface area contributed by atoms with Crippen molar-refractivity contribution in [1.82, 2.24) is 15.3 Å². The Bertz CT molecular complexity index is 1100. The van der Waals surface area contributed by atoms with Gasteiger partial charge in [0, 0.05) is 30.4 Å². The van der Waals surface area contributed by atoms with Gasteiger partial charge in [-0.25, -0.2) is 4.98 Å². The van der Waals surface area contributed by atoms with Crippen LogP contribution in [0.3, 0.4) is 0 Å². The van der Waals surface area contributed by atoms with Crippen molar-refractivity contribution in [3.8, 4) is 22.8 Å². The minimum atomic E-state index is -0.168. The van der Waals surface area contributed by atoms with Gasteiger partial charge in [-0.15, -0.1) is 0 Å². The van der Waals surface area contributed by atoms with Crippen molar-refractivity contribution in [3.05, 3.63) is 46.7 Å². The molecule has 3 heterocycles. The van der Waals surface area contributed by atoms with Crippen molar-refractivity contribution in [2.45, 2.75) is 6.42 Å². The Hall–Kier alpha value is -3.39. The number of H-pyrrole nitrogens is 1. The summed E-state index contributed by atoms with van der Waals surface area (Å²) in [6.45, 7) is 0.557. The summed E-state index contributed by atoms with van der Waals surface area (Å²) in [4.78, 5) is 20.1. The molecule has 29 heavy (non-hydrogen) atoms. The van der Waals surface area contributed by atoms with E-state index in [0.29, 0.717) is 57.7 Å². The number of aromatic nitrogens is 2. The van der Waals surface area contributed by atoms with Gasteiger partial charge in [0.1, 0.15) is 0 Å². The number of fused-ring (bicyclic) bond motifs is 1. The molecule has 150 valence electrons. The molecule has 1 aromatic carbocycles. The third-order valence-electron chi connectivity index (χ3n) is 4.80. The number of hydrogen-bond donors (Lipinski definition) is 4. The number of nitrogens with two attached hydrogens (primary N) is 1. The van der Waals surface area contributed by atoms with E-state index in [4.69, 9.17) is 26.8 Å². The van der Waals surface area contributed by atoms with Gasteiger partial charge in [0.15, 0.2) is 17.3 Å². The summed E-state index contributed by atoms with van der Waals surface area (Å²) in [7, 11) is 3.07. The lowest BCUT2D eigenvalue weighted by Gasteiger charge is -2.17. The van der Waals surface area contributed by atoms with Crippen LogP contribution in [0.4, 0.5) is 17.2 Å². The predicted octanol–water partition coefficient (Wildman–Crippen LogP) is 3.36. The number of amides is 1. The monoisotopic (exact) mass is 413 g/mol. The second-order valence-corrected chi connectivity index (χ2v) is 6.86. The molecule has 0 spiro atoms. The van der Waals surface area contributed by atoms with Gasteiger partial charge >= 0.3 is 0 Å². The maximum Gasteiger partial charge on any atom is 0.255 e. The van der Waals surface area contributed by atoms with Crippen molar-refractivity contribution < 1.29 is 14.3 Å². The summed E-state index contributed by atoms with van der Waals surface area (Å²) in [6, 6.07) is 7.15. The number of anilines is 3. The fraction of sp³-hybridized carbons (Fsp3) is 0.200. The van der Waals surface area contributed by atoms with Crippen LogP contribution in [0.15, 0.2) is 30.5 Å². The van der Waals surface area contributed by atoms with E-state index in [1.165, 1.54) is 7.11 Å². The van der Waals surface area contributed by atoms with Crippen LogP contribution in [0, 0.1) is 0 Å². The molecule has 4 rings (SSSR count). The molecule has 0 saturated heterocycles. The Labute approximate surface area is 172 Å². The SMILES string of the molecule is COc1c(Cl)cccc1Nc1c(-c2ccnc(N)c2OC)[nH]c2c1C(=O)NCC2. The predicted molar refractivity (Wildman–Crippen MR) is 112 cm³/mol. The van der Waals surface area contributed by atoms with E-state index in [0.717, 1.165) is 5.69 Å². The molecule has 0 atom stereocenters. The first kappa shape index (κ1) is 18.9. The highest BCUT2D eigenvalue weighted by atomic mass is 35.5. The number of nitrogen functional groups attached to an aromatic ring is 1. The van der Waals surface area contributed by atoms with E-state index >= 15 is 0 Å². The molecular weight excluding hydrogens is 394 g/mol. The number of carbonyl (C=O) groups excluding carboxylic acids is 1. The molecule has 1 aliphatic heterocycles. The molecule has 0 fully saturated rings. The zero-order valence-electron chi connectivity index (χ0n) is 15.9. The van der Waals surface area contributed by atoms with Crippen LogP contribution in [0.2, 0.25) is 5.02 Å². The largest absolute Gasteiger partial charge is 0.493 e. The Kier molecular flexibility index (Phi) is 4.94. The number of pyridine rings is 1. The van der Waals surface area contributed by atoms with Crippen molar-refractivity contribution in [3.63, 3.8) is 0 Å². The van der Waals surface area contributed by atoms with Crippen LogP contribution in [0.5, 0.6) is 11.5 Å². The van der Waals surface area contributed by atoms with Gasteiger partial charge in [-0.1, -0.05) is 17.7 Å². The van der Waals surface area contributed by atoms with Crippen LogP contribution in [0.1, 0.15) is 16.1 Å². The second-order valence-electron chi connectivity index (χ2n) is 6.46. The average Bonchev–Trinajstić information content (AvgIpc) is 3.07. The number of aromatic amines is 1. The number of rotatable bonds is 5. The molecule has 0 unspecified atom stereocenters. The maximum atomic E-state index is 12.7. The van der Waals surface area contributed by atoms with E-state index < -0.39 is 0 Å². The summed E-state index contributed by atoms with van der Waals surface area (Å²) < 4.78 is 10.9. The maximum absolute atomic E-state index is 12.7. The molecule has 8 nitrogen and oxygen atoms in total. The standard InChI is InChI=1S/C20H20ClN5O3/c1-28-17-10(6-8-23-19(17)22)15-16(14-12(25-15)7-9-24-20(14)27)26-13-5-3-4-11(21)18(13)29-2/h3-6,8,25-26H,7,9H2,1-2H3,(H2,22,23)(H,24,27). The van der Waals surface area contributed by atoms with Crippen LogP contribution in [0.25, 0.3) is 11.3 Å². The van der Waals surface area contributed by atoms with Crippen molar-refractivity contribution in [2.24, 2.45) is 0 Å². The Morgan fingerprint density at radius 2 is 2.00 bits per heavy atom. The minimum absolute atomic E-state index is 0.168. The van der Waals surface area contributed by atoms with Crippen molar-refractivity contribution in [1.29, 1.82) is 0 Å². The summed E-state index contributed by atoms with van der Waals surface area (Å²) in [6.07, 6.45) is 2.27. The molecule has 0 radical (unpaired) electrons. The summed E-state index contributed by atoms with van der Waals surface area (Å²) in [5, 5.41) is 6.66. The average molecular weight is 414 g/mol. The van der Waals surface area contributed by atoms with Gasteiger partial charge in [-0.3, -0.25) is 4.79 Å². The zero-order valence-corrected chi connectivity index (χ0v) is 16.7. The molecule has 9 heteroatoms. The number of hydrogen-bond acceptors (Lipinski definition) is 6. The van der Waals surface area contributed by atoms with Crippen LogP contribution >= 0.6 is 11.6 Å². The number of ether oxygens (including phenoxy) is 2. The third kappa shape index (κ3) is 3.21. The number of methoxy groups -OCH3 is 2. The Morgan fingerprint density at radius 3 is 2.76 bits per heavy atom. The quantitative estimate of drug-likeness (QED) is 0.510. The first-order valence-electron chi connectivity index (χ1n) is 8.96. The Balaban J connectivity index is 1.94. The number of carbonyl (C=O) groups is 1. The third-order valence-corrected chi connectivity index (χ3v) is 5.10. The number of nitrogens with one attached hydrogen (secondary N) is 3. The molecule has 0 aliphatic carbocycles. The minimum Gasteiger partial charge on any atom is -0.493 e. The highest BCUT2D eigenvalue weighted by Gasteiger charge is 2.29. The summed E-state index contributed by atoms with van der Waals surface area (Å²) in [5.41, 5.74) is 9.92. The molecule has 5 N–H and O–H groups in total. The summed E-state index contributed by atoms with van der Waals surface area (Å²) >= 11 is 6.27. The van der Waals surface area contributed by atoms with Gasteiger partial charge in [0.2, 0.25) is 0 Å². The van der Waals surface area contributed by atoms with Crippen LogP contribution < -0.4 is 25.8 Å². The first-order chi connectivity index (χ1) is 14.0. The van der Waals surface area contributed by atoms with Crippen LogP contribution in [-0.2, 0) is 6.42 Å². The fourth-order valence-electron chi connectivity index (χ4n) is 3.53. The van der Waals surface area contributed by atoms with Crippen LogP contribution in [-0.4, -0.2) is 36.6 Å². The molecule has 1 aliphatic rings. The molecule has 3 aromatic rings. The second kappa shape index (κ2) is 7.56. The molecule has 0 bridgehead atoms. The van der Waals surface area contributed by atoms with Crippen molar-refractivity contribution in [2.75, 3.05) is 31.8 Å². The van der Waals surface area contributed by atoms with Gasteiger partial charge in [0.05, 0.1) is 41.9 Å². The zero-order chi connectivity index (χ0) is 20.5. The van der Waals surface area contributed by atoms with Gasteiger partial charge < -0.3 is 30.8 Å². The molecule has 1 amide bonds. The first-order valence-corrected chi connectivity index (χ1v) is 9.34. The molecule has 2 aromatic heterocycles. The van der Waals surface area contributed by atoms with Gasteiger partial charge in [0.25, 0.3) is 5.91 Å². The highest BCUT2D eigenvalue weighted by Crippen LogP contribution is 2.43. The fourth-order valence-corrected chi connectivity index (χ4v) is 3.78. The highest BCUT2D eigenvalue weighted by molar-refractivity contribution is 6.32. The number of halogens is 1. The van der Waals surface area contributed by atoms with Gasteiger partial charge in [-0.2, -0.15) is 0 Å². The van der Waals surface area contributed by atoms with E-state index in [-0.39, 0.29) is 11.7 Å². The summed E-state index contributed by atoms with van der Waals surface area (Å²) in [5.74, 6) is 0.992. The lowest BCUT2D eigenvalue weighted by molar-refractivity contribution is 0.0947. The smallest absolute Gasteiger partial charge is 0.255 e. The number of nitrogens with zero attached hydrogens (tertiary/aromatic N) is 1. The normalized spacial score (nSPS) is 12.9. The lowest BCUT2D eigenvalue weighted by Crippen LogP contribution is -2.31. The Morgan fingerprint density at radius 1 is 1.21 bits per heavy atom. The van der Waals surface area contributed by atoms with E-state index in [1.54, 1.807) is 31.5 Å². The van der Waals surface area contributed by atoms with E-state index in [1.807, 2.05) is 6.07 Å². The topological polar surface area (TPSA) is 114 Å². The van der Waals surface area contributed by atoms with Gasteiger partial charge in [-0.05, 0) is 18.2 Å². The molecular formula is C20H20ClN5O3. The number of para-hydroxylation sites is 1. The van der Waals surface area contributed by atoms with E-state index in [2.05, 4.69) is 20.6 Å². The number of benzene rings is 1.